The molecule has 1 N–H and O–H groups in total. The molecule has 3 aromatic rings. The Bertz CT molecular complexity index is 833. The summed E-state index contributed by atoms with van der Waals surface area (Å²) >= 11 is 0. The van der Waals surface area contributed by atoms with Gasteiger partial charge in [0.15, 0.2) is 6.61 Å². The molecule has 4 heteroatoms. The van der Waals surface area contributed by atoms with Gasteiger partial charge in [0.05, 0.1) is 0 Å². The van der Waals surface area contributed by atoms with Crippen LogP contribution in [0.25, 0.3) is 0 Å². The van der Waals surface area contributed by atoms with Crippen molar-refractivity contribution in [1.82, 2.24) is 10.4 Å². The molecule has 0 aliphatic heterocycles. The maximum absolute atomic E-state index is 12.6. The van der Waals surface area contributed by atoms with Crippen molar-refractivity contribution >= 4 is 5.91 Å². The number of hydrogen-bond acceptors (Lipinski definition) is 3. The van der Waals surface area contributed by atoms with Gasteiger partial charge in [-0.3, -0.25) is 10.2 Å². The van der Waals surface area contributed by atoms with Crippen molar-refractivity contribution in [3.63, 3.8) is 0 Å². The number of amides is 1. The number of nitrogens with one attached hydrogen (secondary N) is 1. The first-order valence-electron chi connectivity index (χ1n) is 9.43. The molecular formula is C24H26N2O2. The van der Waals surface area contributed by atoms with Crippen LogP contribution in [0.2, 0.25) is 0 Å². The molecule has 1 amide bonds. The van der Waals surface area contributed by atoms with Crippen LogP contribution in [-0.2, 0) is 17.9 Å². The number of ether oxygens (including phenoxy) is 1. The van der Waals surface area contributed by atoms with Gasteiger partial charge >= 0.3 is 0 Å². The molecule has 3 aromatic carbocycles. The average molecular weight is 374 g/mol. The number of carbonyl (C=O) groups is 1. The van der Waals surface area contributed by atoms with Gasteiger partial charge in [-0.05, 0) is 36.1 Å². The molecular weight excluding hydrogens is 348 g/mol. The average Bonchev–Trinajstić information content (AvgIpc) is 2.69. The third kappa shape index (κ3) is 5.69. The number of benzene rings is 3. The van der Waals surface area contributed by atoms with Gasteiger partial charge in [-0.1, -0.05) is 78.9 Å². The van der Waals surface area contributed by atoms with Gasteiger partial charge in [0.1, 0.15) is 5.75 Å². The zero-order valence-corrected chi connectivity index (χ0v) is 16.4. The first-order valence-corrected chi connectivity index (χ1v) is 9.43. The Morgan fingerprint density at radius 2 is 1.29 bits per heavy atom. The minimum atomic E-state index is -0.172. The predicted molar refractivity (Wildman–Crippen MR) is 112 cm³/mol. The minimum absolute atomic E-state index is 0.0221. The second kappa shape index (κ2) is 9.72. The Balaban J connectivity index is 1.65. The van der Waals surface area contributed by atoms with Crippen LogP contribution < -0.4 is 10.2 Å². The summed E-state index contributed by atoms with van der Waals surface area (Å²) in [4.78, 5) is 12.6. The molecule has 4 nitrogen and oxygen atoms in total. The molecule has 0 fully saturated rings. The number of carbonyl (C=O) groups excluding carboxylic acids is 1. The quantitative estimate of drug-likeness (QED) is 0.594. The Morgan fingerprint density at radius 3 is 1.79 bits per heavy atom. The second-order valence-corrected chi connectivity index (χ2v) is 6.87. The number of para-hydroxylation sites is 1. The molecule has 0 aliphatic rings. The van der Waals surface area contributed by atoms with Gasteiger partial charge in [-0.25, -0.2) is 5.01 Å². The smallest absolute Gasteiger partial charge is 0.272 e. The van der Waals surface area contributed by atoms with Gasteiger partial charge < -0.3 is 4.74 Å². The zero-order chi connectivity index (χ0) is 19.8. The van der Waals surface area contributed by atoms with Crippen LogP contribution in [-0.4, -0.2) is 17.5 Å². The van der Waals surface area contributed by atoms with Crippen LogP contribution in [0.15, 0.2) is 78.9 Å². The van der Waals surface area contributed by atoms with Gasteiger partial charge in [-0.15, -0.1) is 0 Å². The van der Waals surface area contributed by atoms with Crippen molar-refractivity contribution < 1.29 is 9.53 Å². The van der Waals surface area contributed by atoms with Crippen molar-refractivity contribution in [3.8, 4) is 5.75 Å². The normalized spacial score (nSPS) is 10.7. The highest BCUT2D eigenvalue weighted by atomic mass is 16.5. The monoisotopic (exact) mass is 374 g/mol. The second-order valence-electron chi connectivity index (χ2n) is 6.87. The van der Waals surface area contributed by atoms with Crippen LogP contribution >= 0.6 is 0 Å². The summed E-state index contributed by atoms with van der Waals surface area (Å²) in [6.45, 7) is 5.18. The highest BCUT2D eigenvalue weighted by molar-refractivity contribution is 5.77. The number of rotatable bonds is 8. The fourth-order valence-electron chi connectivity index (χ4n) is 3.12. The SMILES string of the molecule is Cc1cccc(C)c1OCC(=O)NN(Cc1ccccc1)Cc1ccccc1. The number of hydrogen-bond donors (Lipinski definition) is 1. The largest absolute Gasteiger partial charge is 0.483 e. The van der Waals surface area contributed by atoms with Gasteiger partial charge in [0.2, 0.25) is 0 Å². The maximum atomic E-state index is 12.6. The highest BCUT2D eigenvalue weighted by Gasteiger charge is 2.13. The van der Waals surface area contributed by atoms with E-state index in [9.17, 15) is 4.79 Å². The van der Waals surface area contributed by atoms with Gasteiger partial charge in [-0.2, -0.15) is 0 Å². The van der Waals surface area contributed by atoms with Gasteiger partial charge in [0, 0.05) is 13.1 Å². The van der Waals surface area contributed by atoms with E-state index in [0.717, 1.165) is 28.0 Å². The van der Waals surface area contributed by atoms with E-state index in [1.165, 1.54) is 0 Å². The molecule has 144 valence electrons. The molecule has 28 heavy (non-hydrogen) atoms. The first-order chi connectivity index (χ1) is 13.6. The predicted octanol–water partition coefficient (Wildman–Crippen LogP) is 4.42. The molecule has 0 atom stereocenters. The van der Waals surface area contributed by atoms with Crippen molar-refractivity contribution in [2.45, 2.75) is 26.9 Å². The van der Waals surface area contributed by atoms with E-state index < -0.39 is 0 Å². The summed E-state index contributed by atoms with van der Waals surface area (Å²) in [5.41, 5.74) is 7.31. The van der Waals surface area contributed by atoms with Crippen LogP contribution in [0.4, 0.5) is 0 Å². The molecule has 0 bridgehead atoms. The lowest BCUT2D eigenvalue weighted by Crippen LogP contribution is -2.43. The molecule has 0 unspecified atom stereocenters. The zero-order valence-electron chi connectivity index (χ0n) is 16.4. The standard InChI is InChI=1S/C24H26N2O2/c1-19-10-9-11-20(2)24(19)28-18-23(27)25-26(16-21-12-5-3-6-13-21)17-22-14-7-4-8-15-22/h3-15H,16-18H2,1-2H3,(H,25,27). The Hall–Kier alpha value is -3.11. The molecule has 0 aliphatic carbocycles. The van der Waals surface area contributed by atoms with Crippen molar-refractivity contribution in [2.24, 2.45) is 0 Å². The third-order valence-corrected chi connectivity index (χ3v) is 4.47. The lowest BCUT2D eigenvalue weighted by atomic mass is 10.1. The van der Waals surface area contributed by atoms with Crippen molar-refractivity contribution in [1.29, 1.82) is 0 Å². The number of nitrogens with zero attached hydrogens (tertiary/aromatic N) is 1. The first kappa shape index (κ1) is 19.6. The summed E-state index contributed by atoms with van der Waals surface area (Å²) in [6.07, 6.45) is 0. The fourth-order valence-corrected chi connectivity index (χ4v) is 3.12. The lowest BCUT2D eigenvalue weighted by molar-refractivity contribution is -0.128. The third-order valence-electron chi connectivity index (χ3n) is 4.47. The molecule has 0 spiro atoms. The summed E-state index contributed by atoms with van der Waals surface area (Å²) < 4.78 is 5.79. The van der Waals surface area contributed by atoms with E-state index in [-0.39, 0.29) is 12.5 Å². The Kier molecular flexibility index (Phi) is 6.82. The van der Waals surface area contributed by atoms with E-state index in [1.807, 2.05) is 73.5 Å². The topological polar surface area (TPSA) is 41.6 Å². The lowest BCUT2D eigenvalue weighted by Gasteiger charge is -2.24. The van der Waals surface area contributed by atoms with Crippen LogP contribution in [0, 0.1) is 13.8 Å². The van der Waals surface area contributed by atoms with Crippen molar-refractivity contribution in [3.05, 3.63) is 101 Å². The number of aryl methyl sites for hydroxylation is 2. The molecule has 0 saturated heterocycles. The van der Waals surface area contributed by atoms with Gasteiger partial charge in [0.25, 0.3) is 5.91 Å². The maximum Gasteiger partial charge on any atom is 0.272 e. The molecule has 0 aromatic heterocycles. The van der Waals surface area contributed by atoms with E-state index in [4.69, 9.17) is 4.74 Å². The summed E-state index contributed by atoms with van der Waals surface area (Å²) in [6, 6.07) is 26.1. The summed E-state index contributed by atoms with van der Waals surface area (Å²) in [7, 11) is 0. The van der Waals surface area contributed by atoms with E-state index in [1.54, 1.807) is 0 Å². The van der Waals surface area contributed by atoms with E-state index in [0.29, 0.717) is 13.1 Å². The molecule has 0 saturated carbocycles. The molecule has 3 rings (SSSR count). The molecule has 0 radical (unpaired) electrons. The minimum Gasteiger partial charge on any atom is -0.483 e. The Morgan fingerprint density at radius 1 is 0.786 bits per heavy atom. The van der Waals surface area contributed by atoms with E-state index in [2.05, 4.69) is 29.7 Å². The van der Waals surface area contributed by atoms with Crippen LogP contribution in [0.3, 0.4) is 0 Å². The molecule has 0 heterocycles. The van der Waals surface area contributed by atoms with E-state index >= 15 is 0 Å². The van der Waals surface area contributed by atoms with Crippen LogP contribution in [0.5, 0.6) is 5.75 Å². The van der Waals surface area contributed by atoms with Crippen LogP contribution in [0.1, 0.15) is 22.3 Å². The van der Waals surface area contributed by atoms with Crippen molar-refractivity contribution in [2.75, 3.05) is 6.61 Å². The summed E-state index contributed by atoms with van der Waals surface area (Å²) in [5, 5.41) is 1.92. The number of hydrazine groups is 1. The fraction of sp³-hybridized carbons (Fsp3) is 0.208. The summed E-state index contributed by atoms with van der Waals surface area (Å²) in [5.74, 6) is 0.602. The Labute approximate surface area is 166 Å². The highest BCUT2D eigenvalue weighted by Crippen LogP contribution is 2.22.